The second-order valence-corrected chi connectivity index (χ2v) is 7.89. The molecule has 1 fully saturated rings. The third kappa shape index (κ3) is 3.82. The molecule has 0 saturated heterocycles. The van der Waals surface area contributed by atoms with E-state index >= 15 is 0 Å². The van der Waals surface area contributed by atoms with Gasteiger partial charge in [-0.15, -0.1) is 0 Å². The largest absolute Gasteiger partial charge is 0.433 e. The molecule has 0 aliphatic heterocycles. The van der Waals surface area contributed by atoms with Crippen molar-refractivity contribution < 1.29 is 21.9 Å². The Labute approximate surface area is 145 Å². The Kier molecular flexibility index (Phi) is 5.06. The summed E-state index contributed by atoms with van der Waals surface area (Å²) in [7, 11) is -3.96. The highest BCUT2D eigenvalue weighted by Crippen LogP contribution is 2.43. The van der Waals surface area contributed by atoms with E-state index in [9.17, 15) is 17.2 Å². The average Bonchev–Trinajstić information content (AvgIpc) is 2.54. The van der Waals surface area contributed by atoms with Crippen LogP contribution in [0.3, 0.4) is 0 Å². The van der Waals surface area contributed by atoms with Gasteiger partial charge in [-0.2, -0.15) is 8.78 Å². The fourth-order valence-corrected chi connectivity index (χ4v) is 4.40. The minimum absolute atomic E-state index is 0.225. The summed E-state index contributed by atoms with van der Waals surface area (Å²) in [6, 6.07) is 15.1. The van der Waals surface area contributed by atoms with Crippen LogP contribution in [0.1, 0.15) is 24.8 Å². The number of nitrogens with one attached hydrogen (secondary N) is 1. The summed E-state index contributed by atoms with van der Waals surface area (Å²) in [6.45, 7) is -2.86. The maximum Gasteiger partial charge on any atom is 0.387 e. The SMILES string of the molecule is O=S(=O)(NCC1(c2ccccc2)CCC1)c1ccccc1OC(F)F. The first-order valence-corrected chi connectivity index (χ1v) is 9.50. The minimum atomic E-state index is -3.96. The summed E-state index contributed by atoms with van der Waals surface area (Å²) in [6.07, 6.45) is 2.80. The Morgan fingerprint density at radius 3 is 2.28 bits per heavy atom. The third-order valence-electron chi connectivity index (χ3n) is 4.65. The fourth-order valence-electron chi connectivity index (χ4n) is 3.14. The van der Waals surface area contributed by atoms with Crippen molar-refractivity contribution in [2.75, 3.05) is 6.54 Å². The molecule has 0 atom stereocenters. The number of alkyl halides is 2. The normalized spacial score (nSPS) is 16.4. The Hall–Kier alpha value is -1.99. The second kappa shape index (κ2) is 7.09. The maximum absolute atomic E-state index is 12.6. The van der Waals surface area contributed by atoms with Crippen molar-refractivity contribution in [2.45, 2.75) is 36.2 Å². The standard InChI is InChI=1S/C18H19F2NO3S/c19-17(20)24-15-9-4-5-10-16(15)25(22,23)21-13-18(11-6-12-18)14-7-2-1-3-8-14/h1-5,7-10,17,21H,6,11-13H2. The van der Waals surface area contributed by atoms with Gasteiger partial charge in [0, 0.05) is 12.0 Å². The fraction of sp³-hybridized carbons (Fsp3) is 0.333. The molecule has 2 aromatic carbocycles. The molecule has 1 N–H and O–H groups in total. The molecule has 1 saturated carbocycles. The molecule has 0 spiro atoms. The summed E-state index contributed by atoms with van der Waals surface area (Å²) in [5.41, 5.74) is 0.841. The molecule has 7 heteroatoms. The van der Waals surface area contributed by atoms with Crippen LogP contribution in [0.2, 0.25) is 0 Å². The first kappa shape index (κ1) is 17.8. The first-order chi connectivity index (χ1) is 11.9. The third-order valence-corrected chi connectivity index (χ3v) is 6.09. The van der Waals surface area contributed by atoms with Gasteiger partial charge in [0.15, 0.2) is 0 Å². The van der Waals surface area contributed by atoms with E-state index in [0.717, 1.165) is 24.8 Å². The molecule has 1 aliphatic rings. The zero-order valence-corrected chi connectivity index (χ0v) is 14.3. The van der Waals surface area contributed by atoms with Crippen molar-refractivity contribution in [1.29, 1.82) is 0 Å². The van der Waals surface area contributed by atoms with Crippen molar-refractivity contribution in [3.63, 3.8) is 0 Å². The van der Waals surface area contributed by atoms with Crippen LogP contribution in [0.4, 0.5) is 8.78 Å². The van der Waals surface area contributed by atoms with Gasteiger partial charge in [-0.25, -0.2) is 13.1 Å². The molecular formula is C18H19F2NO3S. The number of hydrogen-bond acceptors (Lipinski definition) is 3. The molecule has 0 aromatic heterocycles. The topological polar surface area (TPSA) is 55.4 Å². The molecule has 1 aliphatic carbocycles. The summed E-state index contributed by atoms with van der Waals surface area (Å²) < 4.78 is 57.2. The molecule has 0 bridgehead atoms. The van der Waals surface area contributed by atoms with Gasteiger partial charge in [0.1, 0.15) is 10.6 Å². The number of benzene rings is 2. The van der Waals surface area contributed by atoms with Crippen LogP contribution in [-0.2, 0) is 15.4 Å². The highest BCUT2D eigenvalue weighted by atomic mass is 32.2. The van der Waals surface area contributed by atoms with E-state index in [1.165, 1.54) is 24.3 Å². The second-order valence-electron chi connectivity index (χ2n) is 6.15. The van der Waals surface area contributed by atoms with Crippen molar-refractivity contribution in [3.8, 4) is 5.75 Å². The summed E-state index contributed by atoms with van der Waals surface area (Å²) in [5.74, 6) is -0.354. The van der Waals surface area contributed by atoms with Crippen LogP contribution in [0.15, 0.2) is 59.5 Å². The van der Waals surface area contributed by atoms with E-state index in [2.05, 4.69) is 9.46 Å². The Morgan fingerprint density at radius 2 is 1.68 bits per heavy atom. The number of ether oxygens (including phenoxy) is 1. The molecule has 4 nitrogen and oxygen atoms in total. The molecular weight excluding hydrogens is 348 g/mol. The lowest BCUT2D eigenvalue weighted by Gasteiger charge is -2.42. The average molecular weight is 367 g/mol. The summed E-state index contributed by atoms with van der Waals surface area (Å²) in [5, 5.41) is 0. The van der Waals surface area contributed by atoms with Crippen LogP contribution in [-0.4, -0.2) is 21.6 Å². The Morgan fingerprint density at radius 1 is 1.04 bits per heavy atom. The van der Waals surface area contributed by atoms with Gasteiger partial charge in [0.05, 0.1) is 0 Å². The molecule has 0 amide bonds. The van der Waals surface area contributed by atoms with E-state index in [0.29, 0.717) is 0 Å². The summed E-state index contributed by atoms with van der Waals surface area (Å²) >= 11 is 0. The van der Waals surface area contributed by atoms with E-state index in [-0.39, 0.29) is 22.6 Å². The Bertz CT molecular complexity index is 821. The van der Waals surface area contributed by atoms with Crippen molar-refractivity contribution in [1.82, 2.24) is 4.72 Å². The van der Waals surface area contributed by atoms with E-state index in [4.69, 9.17) is 0 Å². The van der Waals surface area contributed by atoms with Gasteiger partial charge < -0.3 is 4.74 Å². The Balaban J connectivity index is 1.81. The van der Waals surface area contributed by atoms with Gasteiger partial charge in [-0.1, -0.05) is 48.9 Å². The molecule has 0 unspecified atom stereocenters. The number of sulfonamides is 1. The lowest BCUT2D eigenvalue weighted by atomic mass is 9.64. The lowest BCUT2D eigenvalue weighted by molar-refractivity contribution is -0.0517. The summed E-state index contributed by atoms with van der Waals surface area (Å²) in [4.78, 5) is -0.280. The molecule has 134 valence electrons. The zero-order valence-electron chi connectivity index (χ0n) is 13.5. The van der Waals surface area contributed by atoms with Crippen LogP contribution in [0.25, 0.3) is 0 Å². The molecule has 0 radical (unpaired) electrons. The monoisotopic (exact) mass is 367 g/mol. The van der Waals surface area contributed by atoms with E-state index in [1.54, 1.807) is 0 Å². The molecule has 25 heavy (non-hydrogen) atoms. The van der Waals surface area contributed by atoms with E-state index < -0.39 is 16.6 Å². The highest BCUT2D eigenvalue weighted by molar-refractivity contribution is 7.89. The van der Waals surface area contributed by atoms with Crippen LogP contribution in [0, 0.1) is 0 Å². The van der Waals surface area contributed by atoms with Crippen molar-refractivity contribution in [2.24, 2.45) is 0 Å². The van der Waals surface area contributed by atoms with Gasteiger partial charge in [-0.05, 0) is 30.5 Å². The number of rotatable bonds is 7. The predicted octanol–water partition coefficient (Wildman–Crippen LogP) is 3.69. The van der Waals surface area contributed by atoms with Crippen LogP contribution < -0.4 is 9.46 Å². The van der Waals surface area contributed by atoms with Gasteiger partial charge in [0.25, 0.3) is 0 Å². The van der Waals surface area contributed by atoms with Gasteiger partial charge in [0.2, 0.25) is 10.0 Å². The smallest absolute Gasteiger partial charge is 0.387 e. The predicted molar refractivity (Wildman–Crippen MR) is 90.2 cm³/mol. The van der Waals surface area contributed by atoms with Crippen molar-refractivity contribution in [3.05, 3.63) is 60.2 Å². The maximum atomic E-state index is 12.6. The van der Waals surface area contributed by atoms with Crippen molar-refractivity contribution >= 4 is 10.0 Å². The number of hydrogen-bond donors (Lipinski definition) is 1. The quantitative estimate of drug-likeness (QED) is 0.812. The molecule has 3 rings (SSSR count). The zero-order chi connectivity index (χ0) is 17.9. The number of para-hydroxylation sites is 1. The number of halogens is 2. The van der Waals surface area contributed by atoms with Gasteiger partial charge in [-0.3, -0.25) is 0 Å². The molecule has 0 heterocycles. The first-order valence-electron chi connectivity index (χ1n) is 8.02. The van der Waals surface area contributed by atoms with E-state index in [1.807, 2.05) is 30.3 Å². The highest BCUT2D eigenvalue weighted by Gasteiger charge is 2.39. The van der Waals surface area contributed by atoms with Crippen LogP contribution >= 0.6 is 0 Å². The lowest BCUT2D eigenvalue weighted by Crippen LogP contribution is -2.45. The molecule has 2 aromatic rings. The van der Waals surface area contributed by atoms with Crippen LogP contribution in [0.5, 0.6) is 5.75 Å². The van der Waals surface area contributed by atoms with Gasteiger partial charge >= 0.3 is 6.61 Å². The minimum Gasteiger partial charge on any atom is -0.433 e.